The van der Waals surface area contributed by atoms with Gasteiger partial charge in [0.1, 0.15) is 5.56 Å². The van der Waals surface area contributed by atoms with Crippen LogP contribution in [-0.2, 0) is 0 Å². The van der Waals surface area contributed by atoms with Crippen LogP contribution in [0.25, 0.3) is 0 Å². The van der Waals surface area contributed by atoms with Crippen molar-refractivity contribution >= 4 is 27.5 Å². The molecule has 5 nitrogen and oxygen atoms in total. The van der Waals surface area contributed by atoms with Gasteiger partial charge in [-0.3, -0.25) is 14.9 Å². The third kappa shape index (κ3) is 3.53. The average Bonchev–Trinajstić information content (AvgIpc) is 2.37. The van der Waals surface area contributed by atoms with Crippen LogP contribution in [0.2, 0.25) is 0 Å². The van der Waals surface area contributed by atoms with Crippen LogP contribution in [0.3, 0.4) is 0 Å². The Bertz CT molecular complexity index is 451. The van der Waals surface area contributed by atoms with E-state index in [2.05, 4.69) is 21.2 Å². The molecule has 2 atom stereocenters. The maximum atomic E-state index is 12.0. The monoisotopic (exact) mass is 314 g/mol. The van der Waals surface area contributed by atoms with Crippen molar-refractivity contribution in [2.45, 2.75) is 19.9 Å². The molecule has 1 rings (SSSR count). The van der Waals surface area contributed by atoms with Gasteiger partial charge in [0.15, 0.2) is 0 Å². The number of nitrogens with one attached hydrogen (secondary N) is 1. The molecule has 1 N–H and O–H groups in total. The summed E-state index contributed by atoms with van der Waals surface area (Å²) in [6.45, 7) is 3.86. The lowest BCUT2D eigenvalue weighted by molar-refractivity contribution is -0.385. The number of rotatable bonds is 5. The van der Waals surface area contributed by atoms with Crippen molar-refractivity contribution in [3.8, 4) is 0 Å². The molecule has 0 fully saturated rings. The van der Waals surface area contributed by atoms with Crippen LogP contribution in [0.5, 0.6) is 0 Å². The van der Waals surface area contributed by atoms with Crippen LogP contribution in [0.4, 0.5) is 5.69 Å². The summed E-state index contributed by atoms with van der Waals surface area (Å²) >= 11 is 3.34. The Hall–Kier alpha value is -1.43. The Morgan fingerprint density at radius 3 is 2.61 bits per heavy atom. The minimum atomic E-state index is -0.548. The Labute approximate surface area is 114 Å². The minimum Gasteiger partial charge on any atom is -0.349 e. The van der Waals surface area contributed by atoms with Crippen LogP contribution in [0, 0.1) is 16.0 Å². The summed E-state index contributed by atoms with van der Waals surface area (Å²) < 4.78 is 0. The largest absolute Gasteiger partial charge is 0.349 e. The highest BCUT2D eigenvalue weighted by atomic mass is 79.9. The Morgan fingerprint density at radius 2 is 2.06 bits per heavy atom. The molecule has 0 saturated heterocycles. The van der Waals surface area contributed by atoms with E-state index in [1.165, 1.54) is 12.1 Å². The lowest BCUT2D eigenvalue weighted by Gasteiger charge is -2.19. The normalized spacial score (nSPS) is 13.7. The van der Waals surface area contributed by atoms with Crippen LogP contribution >= 0.6 is 15.9 Å². The van der Waals surface area contributed by atoms with Crippen molar-refractivity contribution in [3.05, 3.63) is 39.9 Å². The lowest BCUT2D eigenvalue weighted by atomic mass is 10.1. The smallest absolute Gasteiger partial charge is 0.282 e. The van der Waals surface area contributed by atoms with E-state index in [1.807, 2.05) is 13.8 Å². The molecule has 0 aromatic heterocycles. The molecule has 0 saturated carbocycles. The fourth-order valence-electron chi connectivity index (χ4n) is 1.39. The molecule has 6 heteroatoms. The third-order valence-electron chi connectivity index (χ3n) is 2.80. The molecule has 0 aliphatic rings. The van der Waals surface area contributed by atoms with Crippen LogP contribution in [-0.4, -0.2) is 22.2 Å². The summed E-state index contributed by atoms with van der Waals surface area (Å²) in [5, 5.41) is 14.3. The van der Waals surface area contributed by atoms with Gasteiger partial charge in [-0.25, -0.2) is 0 Å². The van der Waals surface area contributed by atoms with E-state index in [-0.39, 0.29) is 23.2 Å². The van der Waals surface area contributed by atoms with Crippen molar-refractivity contribution in [3.63, 3.8) is 0 Å². The maximum absolute atomic E-state index is 12.0. The molecule has 98 valence electrons. The lowest BCUT2D eigenvalue weighted by Crippen LogP contribution is -2.37. The number of nitrogens with zero attached hydrogens (tertiary/aromatic N) is 1. The van der Waals surface area contributed by atoms with Gasteiger partial charge >= 0.3 is 0 Å². The van der Waals surface area contributed by atoms with Gasteiger partial charge in [0.25, 0.3) is 11.6 Å². The second-order valence-electron chi connectivity index (χ2n) is 4.17. The van der Waals surface area contributed by atoms with Crippen LogP contribution in [0.15, 0.2) is 24.3 Å². The first-order valence-corrected chi connectivity index (χ1v) is 6.69. The number of para-hydroxylation sites is 1. The number of carbonyl (C=O) groups is 1. The SMILES string of the molecule is CC(CBr)C(C)NC(=O)c1ccccc1[N+](=O)[O-]. The standard InChI is InChI=1S/C12H15BrN2O3/c1-8(7-13)9(2)14-12(16)10-5-3-4-6-11(10)15(17)18/h3-6,8-9H,7H2,1-2H3,(H,14,16). The first-order valence-electron chi connectivity index (χ1n) is 5.57. The zero-order valence-electron chi connectivity index (χ0n) is 10.2. The highest BCUT2D eigenvalue weighted by Crippen LogP contribution is 2.18. The molecule has 0 radical (unpaired) electrons. The highest BCUT2D eigenvalue weighted by Gasteiger charge is 2.21. The number of hydrogen-bond acceptors (Lipinski definition) is 3. The predicted octanol–water partition coefficient (Wildman–Crippen LogP) is 2.74. The molecule has 0 spiro atoms. The van der Waals surface area contributed by atoms with Gasteiger partial charge in [-0.05, 0) is 18.9 Å². The van der Waals surface area contributed by atoms with Crippen molar-refractivity contribution < 1.29 is 9.72 Å². The molecule has 0 aliphatic carbocycles. The molecule has 1 aromatic carbocycles. The molecular formula is C12H15BrN2O3. The van der Waals surface area contributed by atoms with Gasteiger partial charge in [-0.15, -0.1) is 0 Å². The van der Waals surface area contributed by atoms with Gasteiger partial charge in [0.2, 0.25) is 0 Å². The number of benzene rings is 1. The molecule has 2 unspecified atom stereocenters. The second-order valence-corrected chi connectivity index (χ2v) is 4.82. The molecule has 0 bridgehead atoms. The van der Waals surface area contributed by atoms with E-state index in [1.54, 1.807) is 12.1 Å². The fourth-order valence-corrected chi connectivity index (χ4v) is 1.95. The van der Waals surface area contributed by atoms with Crippen molar-refractivity contribution in [2.24, 2.45) is 5.92 Å². The van der Waals surface area contributed by atoms with E-state index in [0.29, 0.717) is 0 Å². The number of amides is 1. The fraction of sp³-hybridized carbons (Fsp3) is 0.417. The van der Waals surface area contributed by atoms with E-state index >= 15 is 0 Å². The number of halogens is 1. The molecule has 0 heterocycles. The van der Waals surface area contributed by atoms with E-state index in [4.69, 9.17) is 0 Å². The van der Waals surface area contributed by atoms with Crippen molar-refractivity contribution in [2.75, 3.05) is 5.33 Å². The Kier molecular flexibility index (Phi) is 5.27. The summed E-state index contributed by atoms with van der Waals surface area (Å²) in [5.41, 5.74) is -0.0789. The maximum Gasteiger partial charge on any atom is 0.282 e. The van der Waals surface area contributed by atoms with Gasteiger partial charge in [0.05, 0.1) is 4.92 Å². The predicted molar refractivity (Wildman–Crippen MR) is 73.0 cm³/mol. The van der Waals surface area contributed by atoms with Crippen LogP contribution < -0.4 is 5.32 Å². The Morgan fingerprint density at radius 1 is 1.44 bits per heavy atom. The van der Waals surface area contributed by atoms with Gasteiger partial charge in [-0.1, -0.05) is 35.0 Å². The molecule has 1 amide bonds. The first kappa shape index (κ1) is 14.6. The number of carbonyl (C=O) groups excluding carboxylic acids is 1. The Balaban J connectivity index is 2.88. The van der Waals surface area contributed by atoms with Crippen molar-refractivity contribution in [1.29, 1.82) is 0 Å². The zero-order valence-corrected chi connectivity index (χ0v) is 11.8. The summed E-state index contributed by atoms with van der Waals surface area (Å²) in [7, 11) is 0. The van der Waals surface area contributed by atoms with E-state index < -0.39 is 10.8 Å². The summed E-state index contributed by atoms with van der Waals surface area (Å²) in [5.74, 6) is -0.167. The number of alkyl halides is 1. The van der Waals surface area contributed by atoms with E-state index in [0.717, 1.165) is 5.33 Å². The minimum absolute atomic E-state index is 0.0586. The van der Waals surface area contributed by atoms with E-state index in [9.17, 15) is 14.9 Å². The summed E-state index contributed by atoms with van der Waals surface area (Å²) in [4.78, 5) is 22.2. The number of hydrogen-bond donors (Lipinski definition) is 1. The summed E-state index contributed by atoms with van der Waals surface area (Å²) in [6.07, 6.45) is 0. The quantitative estimate of drug-likeness (QED) is 0.516. The van der Waals surface area contributed by atoms with Gasteiger partial charge in [0, 0.05) is 17.4 Å². The third-order valence-corrected chi connectivity index (χ3v) is 3.82. The second kappa shape index (κ2) is 6.49. The molecular weight excluding hydrogens is 300 g/mol. The number of nitro groups is 1. The highest BCUT2D eigenvalue weighted by molar-refractivity contribution is 9.09. The van der Waals surface area contributed by atoms with Crippen LogP contribution in [0.1, 0.15) is 24.2 Å². The van der Waals surface area contributed by atoms with Crippen molar-refractivity contribution in [1.82, 2.24) is 5.32 Å². The topological polar surface area (TPSA) is 72.2 Å². The molecule has 1 aromatic rings. The zero-order chi connectivity index (χ0) is 13.7. The summed E-state index contributed by atoms with van der Waals surface area (Å²) in [6, 6.07) is 5.88. The van der Waals surface area contributed by atoms with Gasteiger partial charge in [-0.2, -0.15) is 0 Å². The molecule has 18 heavy (non-hydrogen) atoms. The first-order chi connectivity index (χ1) is 8.47. The average molecular weight is 315 g/mol. The van der Waals surface area contributed by atoms with Gasteiger partial charge < -0.3 is 5.32 Å². The number of nitro benzene ring substituents is 1. The molecule has 0 aliphatic heterocycles.